The van der Waals surface area contributed by atoms with Crippen LogP contribution in [0.3, 0.4) is 0 Å². The molecule has 0 bridgehead atoms. The Hall–Kier alpha value is 0. The minimum Gasteiger partial charge on any atom is -0.0683 e. The van der Waals surface area contributed by atoms with E-state index < -0.39 is 0 Å². The summed E-state index contributed by atoms with van der Waals surface area (Å²) >= 11 is 0. The molecule has 0 spiro atoms. The predicted molar refractivity (Wildman–Crippen MR) is 50.2 cm³/mol. The van der Waals surface area contributed by atoms with Crippen molar-refractivity contribution in [1.29, 1.82) is 0 Å². The zero-order chi connectivity index (χ0) is 8.73. The standard InChI is InChI=1S/C6H12.2C2H6/c1-4-5(2)6(4)3;2*1-2/h4-6H,1-3H3;2*1-2H3. The van der Waals surface area contributed by atoms with Crippen LogP contribution in [0, 0.1) is 17.8 Å². The molecule has 0 nitrogen and oxygen atoms in total. The highest BCUT2D eigenvalue weighted by atomic mass is 14.4. The average Bonchev–Trinajstić information content (AvgIpc) is 2.54. The molecule has 0 amide bonds. The molecule has 0 aromatic heterocycles. The molecule has 1 fully saturated rings. The molecule has 1 aliphatic rings. The van der Waals surface area contributed by atoms with Crippen molar-refractivity contribution in [2.24, 2.45) is 17.8 Å². The molecule has 1 aliphatic carbocycles. The van der Waals surface area contributed by atoms with Gasteiger partial charge in [-0.1, -0.05) is 48.5 Å². The first kappa shape index (κ1) is 12.7. The van der Waals surface area contributed by atoms with Crippen molar-refractivity contribution in [1.82, 2.24) is 0 Å². The smallest absolute Gasteiger partial charge is 0.0386 e. The Labute approximate surface area is 67.0 Å². The third kappa shape index (κ3) is 3.92. The van der Waals surface area contributed by atoms with E-state index in [9.17, 15) is 0 Å². The summed E-state index contributed by atoms with van der Waals surface area (Å²) in [6.45, 7) is 14.9. The summed E-state index contributed by atoms with van der Waals surface area (Å²) in [5, 5.41) is 0. The fourth-order valence-corrected chi connectivity index (χ4v) is 0.911. The quantitative estimate of drug-likeness (QED) is 0.483. The Morgan fingerprint density at radius 1 is 0.500 bits per heavy atom. The molecule has 1 saturated carbocycles. The van der Waals surface area contributed by atoms with Crippen LogP contribution in [0.15, 0.2) is 0 Å². The first-order valence-electron chi connectivity index (χ1n) is 4.73. The van der Waals surface area contributed by atoms with Gasteiger partial charge in [0.15, 0.2) is 0 Å². The Morgan fingerprint density at radius 2 is 0.600 bits per heavy atom. The van der Waals surface area contributed by atoms with Gasteiger partial charge in [0.05, 0.1) is 0 Å². The predicted octanol–water partition coefficient (Wildman–Crippen LogP) is 3.96. The van der Waals surface area contributed by atoms with E-state index >= 15 is 0 Å². The minimum absolute atomic E-state index is 1.02. The Kier molecular flexibility index (Phi) is 9.00. The molecule has 0 saturated heterocycles. The summed E-state index contributed by atoms with van der Waals surface area (Å²) < 4.78 is 0. The van der Waals surface area contributed by atoms with Crippen LogP contribution in [0.2, 0.25) is 0 Å². The van der Waals surface area contributed by atoms with Crippen LogP contribution in [-0.2, 0) is 0 Å². The van der Waals surface area contributed by atoms with E-state index in [0.717, 1.165) is 17.8 Å². The van der Waals surface area contributed by atoms with Crippen molar-refractivity contribution in [3.8, 4) is 0 Å². The van der Waals surface area contributed by atoms with Crippen LogP contribution in [0.5, 0.6) is 0 Å². The SMILES string of the molecule is CC.CC.CC1C(C)C1C. The maximum atomic E-state index is 2.31. The van der Waals surface area contributed by atoms with E-state index in [0.29, 0.717) is 0 Å². The average molecular weight is 144 g/mol. The minimum atomic E-state index is 1.02. The molecule has 64 valence electrons. The second-order valence-corrected chi connectivity index (χ2v) is 2.58. The lowest BCUT2D eigenvalue weighted by Crippen LogP contribution is -1.58. The first-order chi connectivity index (χ1) is 4.73. The summed E-state index contributed by atoms with van der Waals surface area (Å²) in [7, 11) is 0. The second-order valence-electron chi connectivity index (χ2n) is 2.58. The maximum absolute atomic E-state index is 2.31. The lowest BCUT2D eigenvalue weighted by Gasteiger charge is -1.66. The molecule has 10 heavy (non-hydrogen) atoms. The molecule has 0 unspecified atom stereocenters. The molecule has 0 aromatic carbocycles. The van der Waals surface area contributed by atoms with Crippen LogP contribution in [0.1, 0.15) is 48.5 Å². The van der Waals surface area contributed by atoms with Crippen molar-refractivity contribution >= 4 is 0 Å². The van der Waals surface area contributed by atoms with E-state index in [4.69, 9.17) is 0 Å². The highest BCUT2D eigenvalue weighted by Crippen LogP contribution is 2.44. The Bertz CT molecular complexity index is 36.8. The van der Waals surface area contributed by atoms with Gasteiger partial charge < -0.3 is 0 Å². The van der Waals surface area contributed by atoms with Crippen molar-refractivity contribution < 1.29 is 0 Å². The van der Waals surface area contributed by atoms with Gasteiger partial charge in [-0.25, -0.2) is 0 Å². The molecular weight excluding hydrogens is 120 g/mol. The molecular formula is C10H24. The van der Waals surface area contributed by atoms with Crippen LogP contribution < -0.4 is 0 Å². The maximum Gasteiger partial charge on any atom is -0.0386 e. The van der Waals surface area contributed by atoms with Gasteiger partial charge in [0.2, 0.25) is 0 Å². The zero-order valence-electron chi connectivity index (χ0n) is 8.73. The third-order valence-electron chi connectivity index (χ3n) is 2.35. The summed E-state index contributed by atoms with van der Waals surface area (Å²) in [4.78, 5) is 0. The lowest BCUT2D eigenvalue weighted by atomic mass is 10.4. The first-order valence-corrected chi connectivity index (χ1v) is 4.73. The highest BCUT2D eigenvalue weighted by Gasteiger charge is 2.37. The topological polar surface area (TPSA) is 0 Å². The number of rotatable bonds is 0. The largest absolute Gasteiger partial charge is 0.0683 e. The van der Waals surface area contributed by atoms with Crippen LogP contribution in [0.4, 0.5) is 0 Å². The summed E-state index contributed by atoms with van der Waals surface area (Å²) in [5.41, 5.74) is 0. The fourth-order valence-electron chi connectivity index (χ4n) is 0.911. The number of hydrogen-bond donors (Lipinski definition) is 0. The van der Waals surface area contributed by atoms with Gasteiger partial charge in [-0.3, -0.25) is 0 Å². The van der Waals surface area contributed by atoms with Crippen LogP contribution >= 0.6 is 0 Å². The normalized spacial score (nSPS) is 34.5. The van der Waals surface area contributed by atoms with Crippen molar-refractivity contribution in [3.63, 3.8) is 0 Å². The monoisotopic (exact) mass is 144 g/mol. The molecule has 0 aliphatic heterocycles. The summed E-state index contributed by atoms with van der Waals surface area (Å²) in [6.07, 6.45) is 0. The lowest BCUT2D eigenvalue weighted by molar-refractivity contribution is 0.834. The molecule has 0 heterocycles. The van der Waals surface area contributed by atoms with Gasteiger partial charge in [-0.2, -0.15) is 0 Å². The Balaban J connectivity index is 0. The van der Waals surface area contributed by atoms with E-state index in [-0.39, 0.29) is 0 Å². The van der Waals surface area contributed by atoms with Gasteiger partial charge in [0, 0.05) is 0 Å². The van der Waals surface area contributed by atoms with Gasteiger partial charge in [-0.15, -0.1) is 0 Å². The van der Waals surface area contributed by atoms with Gasteiger partial charge in [0.25, 0.3) is 0 Å². The highest BCUT2D eigenvalue weighted by molar-refractivity contribution is 4.86. The van der Waals surface area contributed by atoms with Gasteiger partial charge in [-0.05, 0) is 17.8 Å². The summed E-state index contributed by atoms with van der Waals surface area (Å²) in [6, 6.07) is 0. The van der Waals surface area contributed by atoms with E-state index in [1.807, 2.05) is 27.7 Å². The van der Waals surface area contributed by atoms with Gasteiger partial charge in [0.1, 0.15) is 0 Å². The van der Waals surface area contributed by atoms with Crippen molar-refractivity contribution in [3.05, 3.63) is 0 Å². The van der Waals surface area contributed by atoms with Crippen LogP contribution in [-0.4, -0.2) is 0 Å². The van der Waals surface area contributed by atoms with E-state index in [1.165, 1.54) is 0 Å². The Morgan fingerprint density at radius 3 is 0.600 bits per heavy atom. The van der Waals surface area contributed by atoms with E-state index in [1.54, 1.807) is 0 Å². The molecule has 0 heteroatoms. The van der Waals surface area contributed by atoms with Crippen molar-refractivity contribution in [2.45, 2.75) is 48.5 Å². The zero-order valence-corrected chi connectivity index (χ0v) is 8.73. The van der Waals surface area contributed by atoms with Gasteiger partial charge >= 0.3 is 0 Å². The third-order valence-corrected chi connectivity index (χ3v) is 2.35. The second kappa shape index (κ2) is 7.11. The molecule has 0 N–H and O–H groups in total. The van der Waals surface area contributed by atoms with Crippen molar-refractivity contribution in [2.75, 3.05) is 0 Å². The molecule has 1 rings (SSSR count). The molecule has 0 radical (unpaired) electrons. The van der Waals surface area contributed by atoms with Crippen LogP contribution in [0.25, 0.3) is 0 Å². The van der Waals surface area contributed by atoms with E-state index in [2.05, 4.69) is 20.8 Å². The summed E-state index contributed by atoms with van der Waals surface area (Å²) in [5.74, 6) is 3.06. The number of hydrogen-bond acceptors (Lipinski definition) is 0. The molecule has 0 aromatic rings. The molecule has 0 atom stereocenters. The fraction of sp³-hybridized carbons (Fsp3) is 1.00.